The number of aromatic nitrogens is 1. The lowest BCUT2D eigenvalue weighted by molar-refractivity contribution is -0.0683. The highest BCUT2D eigenvalue weighted by atomic mass is 16.7. The molecule has 0 unspecified atom stereocenters. The lowest BCUT2D eigenvalue weighted by atomic mass is 9.99. The molecule has 2 aromatic carbocycles. The van der Waals surface area contributed by atoms with Crippen LogP contribution < -0.4 is 9.47 Å². The third-order valence-electron chi connectivity index (χ3n) is 4.49. The van der Waals surface area contributed by atoms with Gasteiger partial charge >= 0.3 is 0 Å². The van der Waals surface area contributed by atoms with E-state index in [1.54, 1.807) is 7.11 Å². The third kappa shape index (κ3) is 3.49. The van der Waals surface area contributed by atoms with E-state index in [0.717, 1.165) is 33.2 Å². The zero-order valence-corrected chi connectivity index (χ0v) is 14.9. The molecule has 0 bridgehead atoms. The van der Waals surface area contributed by atoms with Crippen LogP contribution in [0.25, 0.3) is 21.9 Å². The number of hydrogen-bond donors (Lipinski definition) is 0. The van der Waals surface area contributed by atoms with Crippen molar-refractivity contribution in [1.82, 2.24) is 4.98 Å². The van der Waals surface area contributed by atoms with Gasteiger partial charge in [-0.1, -0.05) is 18.2 Å². The van der Waals surface area contributed by atoms with Gasteiger partial charge in [-0.15, -0.1) is 0 Å². The van der Waals surface area contributed by atoms with Crippen LogP contribution in [0.5, 0.6) is 11.6 Å². The largest absolute Gasteiger partial charge is 0.488 e. The highest BCUT2D eigenvalue weighted by Gasteiger charge is 2.16. The maximum absolute atomic E-state index is 5.78. The smallest absolute Gasteiger partial charge is 0.213 e. The van der Waals surface area contributed by atoms with Crippen LogP contribution in [0.3, 0.4) is 0 Å². The number of fused-ring (bicyclic) bond motifs is 1. The Morgan fingerprint density at radius 3 is 2.58 bits per heavy atom. The van der Waals surface area contributed by atoms with Crippen molar-refractivity contribution in [2.75, 3.05) is 26.9 Å². The van der Waals surface area contributed by atoms with Crippen molar-refractivity contribution in [1.29, 1.82) is 0 Å². The van der Waals surface area contributed by atoms with Crippen LogP contribution in [0.4, 0.5) is 0 Å². The molecule has 26 heavy (non-hydrogen) atoms. The number of hydrogen-bond acceptors (Lipinski definition) is 5. The zero-order valence-electron chi connectivity index (χ0n) is 14.9. The van der Waals surface area contributed by atoms with Gasteiger partial charge in [0, 0.05) is 17.8 Å². The molecule has 1 aliphatic heterocycles. The number of ether oxygens (including phenoxy) is 4. The van der Waals surface area contributed by atoms with Crippen molar-refractivity contribution in [3.05, 3.63) is 54.2 Å². The fourth-order valence-electron chi connectivity index (χ4n) is 3.09. The normalized spacial score (nSPS) is 14.7. The van der Waals surface area contributed by atoms with E-state index in [-0.39, 0.29) is 6.29 Å². The van der Waals surface area contributed by atoms with Crippen LogP contribution in [0, 0.1) is 6.92 Å². The minimum atomic E-state index is -0.265. The molecule has 1 aromatic heterocycles. The Labute approximate surface area is 152 Å². The van der Waals surface area contributed by atoms with Crippen molar-refractivity contribution in [2.24, 2.45) is 0 Å². The monoisotopic (exact) mass is 351 g/mol. The van der Waals surface area contributed by atoms with Crippen molar-refractivity contribution in [3.63, 3.8) is 0 Å². The maximum Gasteiger partial charge on any atom is 0.213 e. The first-order valence-electron chi connectivity index (χ1n) is 8.64. The molecule has 4 rings (SSSR count). The van der Waals surface area contributed by atoms with Crippen LogP contribution >= 0.6 is 0 Å². The predicted molar refractivity (Wildman–Crippen MR) is 99.7 cm³/mol. The average Bonchev–Trinajstić information content (AvgIpc) is 3.19. The highest BCUT2D eigenvalue weighted by Crippen LogP contribution is 2.29. The van der Waals surface area contributed by atoms with E-state index >= 15 is 0 Å². The summed E-state index contributed by atoms with van der Waals surface area (Å²) in [5, 5.41) is 2.28. The molecule has 0 atom stereocenters. The van der Waals surface area contributed by atoms with E-state index in [9.17, 15) is 0 Å². The zero-order chi connectivity index (χ0) is 17.9. The standard InChI is InChI=1S/C21H21NO4/c1-14-9-20(23-2)22-12-19(14)17-4-3-16-11-18(6-5-15(16)10-17)26-13-21-24-7-8-25-21/h3-6,9-12,21H,7-8,13H2,1-2H3. The van der Waals surface area contributed by atoms with E-state index in [2.05, 4.69) is 36.2 Å². The van der Waals surface area contributed by atoms with Gasteiger partial charge in [-0.25, -0.2) is 4.98 Å². The average molecular weight is 351 g/mol. The Bertz CT molecular complexity index is 919. The Morgan fingerprint density at radius 2 is 1.81 bits per heavy atom. The van der Waals surface area contributed by atoms with E-state index in [4.69, 9.17) is 18.9 Å². The molecule has 5 heteroatoms. The van der Waals surface area contributed by atoms with Crippen LogP contribution in [0.2, 0.25) is 0 Å². The summed E-state index contributed by atoms with van der Waals surface area (Å²) in [6.45, 7) is 3.73. The molecular weight excluding hydrogens is 330 g/mol. The number of nitrogens with zero attached hydrogens (tertiary/aromatic N) is 1. The van der Waals surface area contributed by atoms with Gasteiger partial charge in [0.2, 0.25) is 5.88 Å². The molecule has 1 saturated heterocycles. The molecule has 5 nitrogen and oxygen atoms in total. The van der Waals surface area contributed by atoms with E-state index < -0.39 is 0 Å². The van der Waals surface area contributed by atoms with Crippen LogP contribution in [0.15, 0.2) is 48.7 Å². The first kappa shape index (κ1) is 16.8. The van der Waals surface area contributed by atoms with Crippen molar-refractivity contribution in [2.45, 2.75) is 13.2 Å². The summed E-state index contributed by atoms with van der Waals surface area (Å²) >= 11 is 0. The number of rotatable bonds is 5. The van der Waals surface area contributed by atoms with Gasteiger partial charge in [-0.05, 0) is 47.0 Å². The van der Waals surface area contributed by atoms with Crippen LogP contribution in [-0.4, -0.2) is 38.2 Å². The maximum atomic E-state index is 5.78. The summed E-state index contributed by atoms with van der Waals surface area (Å²) < 4.78 is 21.8. The quantitative estimate of drug-likeness (QED) is 0.696. The van der Waals surface area contributed by atoms with Gasteiger partial charge in [0.25, 0.3) is 0 Å². The Balaban J connectivity index is 1.56. The second kappa shape index (κ2) is 7.32. The molecule has 0 spiro atoms. The summed E-state index contributed by atoms with van der Waals surface area (Å²) in [5.41, 5.74) is 3.36. The number of benzene rings is 2. The summed E-state index contributed by atoms with van der Waals surface area (Å²) in [4.78, 5) is 4.32. The Morgan fingerprint density at radius 1 is 1.04 bits per heavy atom. The van der Waals surface area contributed by atoms with Gasteiger partial charge in [0.15, 0.2) is 6.29 Å². The number of methoxy groups -OCH3 is 1. The fraction of sp³-hybridized carbons (Fsp3) is 0.286. The van der Waals surface area contributed by atoms with Crippen molar-refractivity contribution < 1.29 is 18.9 Å². The van der Waals surface area contributed by atoms with Gasteiger partial charge in [-0.3, -0.25) is 0 Å². The Kier molecular flexibility index (Phi) is 4.73. The second-order valence-corrected chi connectivity index (χ2v) is 6.25. The molecule has 2 heterocycles. The third-order valence-corrected chi connectivity index (χ3v) is 4.49. The van der Waals surface area contributed by atoms with Gasteiger partial charge < -0.3 is 18.9 Å². The summed E-state index contributed by atoms with van der Waals surface area (Å²) in [5.74, 6) is 1.44. The predicted octanol–water partition coefficient (Wildman–Crippen LogP) is 3.97. The Hall–Kier alpha value is -2.63. The van der Waals surface area contributed by atoms with Crippen LogP contribution in [-0.2, 0) is 9.47 Å². The summed E-state index contributed by atoms with van der Waals surface area (Å²) in [6, 6.07) is 14.4. The molecule has 0 saturated carbocycles. The SMILES string of the molecule is COc1cc(C)c(-c2ccc3cc(OCC4OCCO4)ccc3c2)cn1. The molecular formula is C21H21NO4. The molecule has 0 N–H and O–H groups in total. The molecule has 0 radical (unpaired) electrons. The molecule has 3 aromatic rings. The van der Waals surface area contributed by atoms with Gasteiger partial charge in [0.1, 0.15) is 12.4 Å². The van der Waals surface area contributed by atoms with E-state index in [1.165, 1.54) is 0 Å². The lowest BCUT2D eigenvalue weighted by Crippen LogP contribution is -2.18. The van der Waals surface area contributed by atoms with E-state index in [0.29, 0.717) is 25.7 Å². The topological polar surface area (TPSA) is 49.8 Å². The van der Waals surface area contributed by atoms with Crippen molar-refractivity contribution in [3.8, 4) is 22.8 Å². The van der Waals surface area contributed by atoms with Gasteiger partial charge in [-0.2, -0.15) is 0 Å². The molecule has 1 fully saturated rings. The first-order chi connectivity index (χ1) is 12.7. The molecule has 0 aliphatic carbocycles. The molecule has 134 valence electrons. The summed E-state index contributed by atoms with van der Waals surface area (Å²) in [7, 11) is 1.63. The molecule has 1 aliphatic rings. The van der Waals surface area contributed by atoms with E-state index in [1.807, 2.05) is 24.4 Å². The second-order valence-electron chi connectivity index (χ2n) is 6.25. The lowest BCUT2D eigenvalue weighted by Gasteiger charge is -2.12. The number of pyridine rings is 1. The first-order valence-corrected chi connectivity index (χ1v) is 8.64. The van der Waals surface area contributed by atoms with Gasteiger partial charge in [0.05, 0.1) is 20.3 Å². The number of aryl methyl sites for hydroxylation is 1. The minimum absolute atomic E-state index is 0.265. The highest BCUT2D eigenvalue weighted by molar-refractivity contribution is 5.88. The summed E-state index contributed by atoms with van der Waals surface area (Å²) in [6.07, 6.45) is 1.59. The van der Waals surface area contributed by atoms with Crippen LogP contribution in [0.1, 0.15) is 5.56 Å². The molecule has 0 amide bonds. The van der Waals surface area contributed by atoms with Crippen molar-refractivity contribution >= 4 is 10.8 Å². The fourth-order valence-corrected chi connectivity index (χ4v) is 3.09. The minimum Gasteiger partial charge on any atom is -0.488 e.